The van der Waals surface area contributed by atoms with Crippen LogP contribution in [-0.2, 0) is 11.3 Å². The van der Waals surface area contributed by atoms with Gasteiger partial charge in [-0.05, 0) is 62.7 Å². The summed E-state index contributed by atoms with van der Waals surface area (Å²) in [7, 11) is 0. The van der Waals surface area contributed by atoms with E-state index >= 15 is 0 Å². The first kappa shape index (κ1) is 28.1. The number of β-amino-alcohol motifs (C(OH)–C–C–N with tert-alkyl or cyclic N) is 1. The van der Waals surface area contributed by atoms with E-state index in [-0.39, 0.29) is 35.6 Å². The molecular formula is C31H32N8O4. The number of ether oxygens (including phenoxy) is 1. The van der Waals surface area contributed by atoms with Gasteiger partial charge in [0.15, 0.2) is 11.5 Å². The normalized spacial score (nSPS) is 17.8. The van der Waals surface area contributed by atoms with E-state index in [1.807, 2.05) is 49.1 Å². The minimum atomic E-state index is -0.569. The average Bonchev–Trinajstić information content (AvgIpc) is 3.25. The molecule has 12 nitrogen and oxygen atoms in total. The number of carbonyl (C=O) groups is 1. The van der Waals surface area contributed by atoms with Gasteiger partial charge in [-0.1, -0.05) is 18.2 Å². The fraction of sp³-hybridized carbons (Fsp3) is 0.323. The standard InChI is InChI=1S/C31H32N8O4/c1-31(2,36-17-23(40)18-36)14-20(15-32)29(41)37-13-12-22(37)16-38-28-26(27(33)34-19-35-28)39(30(38)42)21-8-10-25(11-9-21)43-24-6-4-3-5-7-24/h3-11,14,19,22-23,40H,12-13,16-18H2,1-2H3,(H2,33,34,35). The quantitative estimate of drug-likeness (QED) is 0.236. The molecule has 2 aromatic carbocycles. The zero-order chi connectivity index (χ0) is 30.3. The zero-order valence-corrected chi connectivity index (χ0v) is 23.9. The van der Waals surface area contributed by atoms with Crippen molar-refractivity contribution in [3.63, 3.8) is 0 Å². The molecule has 1 atom stereocenters. The number of benzene rings is 2. The monoisotopic (exact) mass is 580 g/mol. The van der Waals surface area contributed by atoms with Crippen LogP contribution in [0.15, 0.2) is 77.4 Å². The summed E-state index contributed by atoms with van der Waals surface area (Å²) < 4.78 is 8.86. The molecule has 220 valence electrons. The Balaban J connectivity index is 1.27. The lowest BCUT2D eigenvalue weighted by molar-refractivity contribution is -0.134. The molecule has 2 aliphatic rings. The van der Waals surface area contributed by atoms with Crippen molar-refractivity contribution in [3.8, 4) is 23.3 Å². The van der Waals surface area contributed by atoms with Gasteiger partial charge in [0.05, 0.1) is 17.8 Å². The predicted octanol–water partition coefficient (Wildman–Crippen LogP) is 2.46. The van der Waals surface area contributed by atoms with E-state index in [9.17, 15) is 20.0 Å². The Morgan fingerprint density at radius 3 is 2.47 bits per heavy atom. The minimum Gasteiger partial charge on any atom is -0.457 e. The maximum Gasteiger partial charge on any atom is 0.335 e. The molecule has 0 saturated carbocycles. The summed E-state index contributed by atoms with van der Waals surface area (Å²) in [4.78, 5) is 39.4. The molecule has 2 aromatic heterocycles. The van der Waals surface area contributed by atoms with Crippen molar-refractivity contribution in [3.05, 3.63) is 83.1 Å². The summed E-state index contributed by atoms with van der Waals surface area (Å²) in [5, 5.41) is 19.5. The van der Waals surface area contributed by atoms with Crippen LogP contribution in [0.25, 0.3) is 16.9 Å². The van der Waals surface area contributed by atoms with Crippen LogP contribution in [0.1, 0.15) is 20.3 Å². The summed E-state index contributed by atoms with van der Waals surface area (Å²) in [6.07, 6.45) is 3.24. The van der Waals surface area contributed by atoms with Gasteiger partial charge in [0.1, 0.15) is 35.0 Å². The number of rotatable bonds is 8. The fourth-order valence-corrected chi connectivity index (χ4v) is 5.57. The Labute approximate surface area is 247 Å². The van der Waals surface area contributed by atoms with Gasteiger partial charge in [-0.15, -0.1) is 0 Å². The van der Waals surface area contributed by atoms with E-state index in [4.69, 9.17) is 10.5 Å². The molecular weight excluding hydrogens is 548 g/mol. The van der Waals surface area contributed by atoms with Gasteiger partial charge in [0.2, 0.25) is 0 Å². The van der Waals surface area contributed by atoms with Crippen LogP contribution in [0.4, 0.5) is 5.82 Å². The summed E-state index contributed by atoms with van der Waals surface area (Å²) in [6.45, 7) is 5.46. The number of nitrogens with zero attached hydrogens (tertiary/aromatic N) is 7. The Bertz CT molecular complexity index is 1800. The maximum absolute atomic E-state index is 13.9. The highest BCUT2D eigenvalue weighted by molar-refractivity contribution is 5.98. The van der Waals surface area contributed by atoms with Gasteiger partial charge < -0.3 is 20.5 Å². The van der Waals surface area contributed by atoms with E-state index in [0.29, 0.717) is 54.4 Å². The molecule has 2 fully saturated rings. The predicted molar refractivity (Wildman–Crippen MR) is 160 cm³/mol. The topological polar surface area (TPSA) is 156 Å². The molecule has 3 N–H and O–H groups in total. The van der Waals surface area contributed by atoms with Crippen molar-refractivity contribution in [2.75, 3.05) is 25.4 Å². The third-order valence-corrected chi connectivity index (χ3v) is 8.13. The highest BCUT2D eigenvalue weighted by Gasteiger charge is 2.39. The molecule has 0 spiro atoms. The van der Waals surface area contributed by atoms with E-state index < -0.39 is 11.6 Å². The van der Waals surface area contributed by atoms with E-state index in [0.717, 1.165) is 0 Å². The second-order valence-corrected chi connectivity index (χ2v) is 11.4. The first-order valence-corrected chi connectivity index (χ1v) is 14.1. The zero-order valence-electron chi connectivity index (χ0n) is 23.9. The molecule has 2 saturated heterocycles. The number of imidazole rings is 1. The molecule has 6 rings (SSSR count). The molecule has 4 aromatic rings. The molecule has 12 heteroatoms. The van der Waals surface area contributed by atoms with Crippen LogP contribution >= 0.6 is 0 Å². The highest BCUT2D eigenvalue weighted by atomic mass is 16.5. The summed E-state index contributed by atoms with van der Waals surface area (Å²) in [5.41, 5.74) is 6.64. The van der Waals surface area contributed by atoms with Crippen molar-refractivity contribution in [1.82, 2.24) is 28.9 Å². The number of hydrogen-bond donors (Lipinski definition) is 2. The Hall–Kier alpha value is -4.99. The SMILES string of the molecule is CC(C)(C=C(C#N)C(=O)N1CCC1Cn1c(=O)n(-c2ccc(Oc3ccccc3)cc2)c2c(N)ncnc21)N1CC(O)C1. The first-order valence-electron chi connectivity index (χ1n) is 14.1. The van der Waals surface area contributed by atoms with Gasteiger partial charge in [-0.3, -0.25) is 18.8 Å². The number of hydrogen-bond acceptors (Lipinski definition) is 9. The lowest BCUT2D eigenvalue weighted by Gasteiger charge is -2.46. The van der Waals surface area contributed by atoms with Crippen molar-refractivity contribution in [2.45, 2.75) is 44.5 Å². The number of para-hydroxylation sites is 1. The molecule has 0 radical (unpaired) electrons. The second kappa shape index (κ2) is 11.0. The fourth-order valence-electron chi connectivity index (χ4n) is 5.57. The molecule has 0 bridgehead atoms. The van der Waals surface area contributed by atoms with Crippen LogP contribution in [0.3, 0.4) is 0 Å². The lowest BCUT2D eigenvalue weighted by atomic mass is 9.93. The van der Waals surface area contributed by atoms with Gasteiger partial charge >= 0.3 is 5.69 Å². The second-order valence-electron chi connectivity index (χ2n) is 11.4. The van der Waals surface area contributed by atoms with Crippen molar-refractivity contribution in [1.29, 1.82) is 5.26 Å². The Morgan fingerprint density at radius 1 is 1.14 bits per heavy atom. The van der Waals surface area contributed by atoms with E-state index in [2.05, 4.69) is 16.0 Å². The number of likely N-dealkylation sites (tertiary alicyclic amines) is 2. The van der Waals surface area contributed by atoms with Gasteiger partial charge in [-0.2, -0.15) is 5.26 Å². The average molecular weight is 581 g/mol. The molecule has 1 amide bonds. The number of aromatic nitrogens is 4. The number of carbonyl (C=O) groups excluding carboxylic acids is 1. The number of nitrogen functional groups attached to an aromatic ring is 1. The largest absolute Gasteiger partial charge is 0.457 e. The number of nitriles is 1. The van der Waals surface area contributed by atoms with Gasteiger partial charge in [-0.25, -0.2) is 14.8 Å². The van der Waals surface area contributed by atoms with Crippen molar-refractivity contribution >= 4 is 22.9 Å². The highest BCUT2D eigenvalue weighted by Crippen LogP contribution is 2.29. The third-order valence-electron chi connectivity index (χ3n) is 8.13. The number of nitrogens with two attached hydrogens (primary N) is 1. The van der Waals surface area contributed by atoms with Crippen LogP contribution in [-0.4, -0.2) is 77.2 Å². The van der Waals surface area contributed by atoms with Crippen LogP contribution in [0.2, 0.25) is 0 Å². The van der Waals surface area contributed by atoms with Crippen molar-refractivity contribution in [2.24, 2.45) is 0 Å². The molecule has 4 heterocycles. The molecule has 1 unspecified atom stereocenters. The Morgan fingerprint density at radius 2 is 1.84 bits per heavy atom. The van der Waals surface area contributed by atoms with Gasteiger partial charge in [0, 0.05) is 31.7 Å². The minimum absolute atomic E-state index is 0.0373. The first-order chi connectivity index (χ1) is 20.7. The van der Waals surface area contributed by atoms with Crippen LogP contribution < -0.4 is 16.2 Å². The summed E-state index contributed by atoms with van der Waals surface area (Å²) >= 11 is 0. The molecule has 43 heavy (non-hydrogen) atoms. The van der Waals surface area contributed by atoms with E-state index in [1.165, 1.54) is 15.5 Å². The van der Waals surface area contributed by atoms with Gasteiger partial charge in [0.25, 0.3) is 5.91 Å². The molecule has 0 aliphatic carbocycles. The number of amides is 1. The smallest absolute Gasteiger partial charge is 0.335 e. The summed E-state index contributed by atoms with van der Waals surface area (Å²) in [6, 6.07) is 18.2. The maximum atomic E-state index is 13.9. The summed E-state index contributed by atoms with van der Waals surface area (Å²) in [5.74, 6) is 1.07. The lowest BCUT2D eigenvalue weighted by Crippen LogP contribution is -2.59. The number of anilines is 1. The van der Waals surface area contributed by atoms with Crippen LogP contribution in [0.5, 0.6) is 11.5 Å². The number of fused-ring (bicyclic) bond motifs is 1. The third kappa shape index (κ3) is 5.24. The molecule has 2 aliphatic heterocycles. The number of aliphatic hydroxyl groups is 1. The van der Waals surface area contributed by atoms with Crippen LogP contribution in [0, 0.1) is 11.3 Å². The van der Waals surface area contributed by atoms with Crippen molar-refractivity contribution < 1.29 is 14.6 Å². The number of aliphatic hydroxyl groups excluding tert-OH is 1. The Kier molecular flexibility index (Phi) is 7.21. The van der Waals surface area contributed by atoms with E-state index in [1.54, 1.807) is 35.2 Å².